The summed E-state index contributed by atoms with van der Waals surface area (Å²) in [5.74, 6) is 4.22. The summed E-state index contributed by atoms with van der Waals surface area (Å²) in [5.41, 5.74) is 11.9. The van der Waals surface area contributed by atoms with Gasteiger partial charge in [0.25, 0.3) is 0 Å². The molecule has 0 unspecified atom stereocenters. The SMILES string of the molecule is C(=C\c1ccccc1)/c1ccccc1.C=Cc1ccccc1.C[C-](c1ccccc1)C(C)(C)c1ccccc1.C[C-](c1ccccc1)C(C)(C)c1ccccc1.C[C-](c1ccccc1)C(C)(C)c1ccccc1.Ic1ccccc1.[Pd+][I].[Pd].[Pd].[Pd].[c-]1ccccc1. The van der Waals surface area contributed by atoms with E-state index in [2.05, 4.69) is 344 Å². The van der Waals surface area contributed by atoms with Gasteiger partial charge < -0.3 is 0 Å². The summed E-state index contributed by atoms with van der Waals surface area (Å²) in [4.78, 5) is 0. The van der Waals surface area contributed by atoms with E-state index in [1.807, 2.05) is 141 Å². The smallest absolute Gasteiger partial charge is 0 e. The summed E-state index contributed by atoms with van der Waals surface area (Å²) in [5, 5.41) is 0. The van der Waals surface area contributed by atoms with Crippen LogP contribution in [-0.2, 0) is 93.1 Å². The van der Waals surface area contributed by atoms with Crippen LogP contribution in [-0.4, -0.2) is 0 Å². The van der Waals surface area contributed by atoms with Gasteiger partial charge in [-0.25, -0.2) is 0 Å². The summed E-state index contributed by atoms with van der Waals surface area (Å²) in [6.07, 6.45) is 6.07. The molecule has 11 rings (SSSR count). The topological polar surface area (TPSA) is 0 Å². The first-order valence-electron chi connectivity index (χ1n) is 29.7. The standard InChI is InChI=1S/3C17H19.C14H12.C8H8.C6H5I.C6H5.HI.4Pd/c3*1-14(15-10-6-4-7-11-15)17(2,3)16-12-8-5-9-13-16;1-3-7-13(8-4-1)11-12-14-9-5-2-6-10-14;1-2-8-6-4-3-5-7-8;7-6-4-2-1-3-5-6;1-2-4-6-5-3-1;;;;;/h3*4-13H,1-3H3;1-12H;2-7H,1H2;1-5H;1-5H;1H;;;;/q3*-1;;;;-1;;;;;+2/p-1/b;;;12-11+;;;;;;;;. The molecule has 0 aliphatic rings. The molecule has 11 aromatic rings. The Morgan fingerprint density at radius 2 is 0.505 bits per heavy atom. The molecule has 0 saturated heterocycles. The van der Waals surface area contributed by atoms with E-state index in [1.165, 1.54) is 71.4 Å². The van der Waals surface area contributed by atoms with Gasteiger partial charge in [0.15, 0.2) is 0 Å². The Hall–Kier alpha value is -5.38. The number of hydrogen-bond acceptors (Lipinski definition) is 0. The van der Waals surface area contributed by atoms with Crippen LogP contribution in [0.5, 0.6) is 0 Å². The van der Waals surface area contributed by atoms with Gasteiger partial charge >= 0.3 is 35.1 Å². The zero-order chi connectivity index (χ0) is 63.7. The van der Waals surface area contributed by atoms with Gasteiger partial charge in [-0.15, -0.1) is 36.4 Å². The minimum Gasteiger partial charge on any atom is -0.184 e. The summed E-state index contributed by atoms with van der Waals surface area (Å²) in [7, 11) is 0. The van der Waals surface area contributed by atoms with Gasteiger partial charge in [-0.05, 0) is 84.3 Å². The molecule has 91 heavy (non-hydrogen) atoms. The number of hydrogen-bond donors (Lipinski definition) is 0. The van der Waals surface area contributed by atoms with Crippen molar-refractivity contribution in [3.05, 3.63) is 418 Å². The van der Waals surface area contributed by atoms with E-state index >= 15 is 0 Å². The van der Waals surface area contributed by atoms with Crippen LogP contribution in [0.15, 0.2) is 340 Å². The quantitative estimate of drug-likeness (QED) is 0.0495. The van der Waals surface area contributed by atoms with Crippen LogP contribution in [0, 0.1) is 27.4 Å². The molecular weight excluding hydrogens is 1700 g/mol. The number of rotatable bonds is 12. The zero-order valence-corrected chi connectivity index (χ0v) is 64.2. The van der Waals surface area contributed by atoms with Crippen LogP contribution in [0.3, 0.4) is 0 Å². The minimum atomic E-state index is 0. The molecule has 0 radical (unpaired) electrons. The fourth-order valence-corrected chi connectivity index (χ4v) is 9.44. The second-order valence-electron chi connectivity index (χ2n) is 22.1. The maximum atomic E-state index is 3.63. The maximum Gasteiger partial charge on any atom is 0 e. The Bertz CT molecular complexity index is 3180. The molecule has 11 aromatic carbocycles. The third-order valence-corrected chi connectivity index (χ3v) is 16.1. The van der Waals surface area contributed by atoms with Gasteiger partial charge in [-0.3, -0.25) is 0 Å². The molecule has 0 spiro atoms. The van der Waals surface area contributed by atoms with Crippen molar-refractivity contribution in [2.45, 2.75) is 78.6 Å². The Balaban J connectivity index is 0.000000540. The maximum absolute atomic E-state index is 3.63. The first kappa shape index (κ1) is 83.6. The van der Waals surface area contributed by atoms with Crippen LogP contribution in [0.25, 0.3) is 18.2 Å². The Kier molecular flexibility index (Phi) is 44.4. The fraction of sp³-hybridized carbons (Fsp3) is 0.141. The molecule has 0 aliphatic heterocycles. The van der Waals surface area contributed by atoms with Gasteiger partial charge in [-0.1, -0.05) is 306 Å². The van der Waals surface area contributed by atoms with Crippen LogP contribution in [0.2, 0.25) is 0 Å². The second-order valence-corrected chi connectivity index (χ2v) is 23.3. The molecule has 484 valence electrons. The van der Waals surface area contributed by atoms with Gasteiger partial charge in [0, 0.05) is 64.8 Å². The zero-order valence-electron chi connectivity index (χ0n) is 53.7. The predicted octanol–water partition coefficient (Wildman–Crippen LogP) is 24.7. The summed E-state index contributed by atoms with van der Waals surface area (Å²) in [6, 6.07) is 117. The normalized spacial score (nSPS) is 9.95. The summed E-state index contributed by atoms with van der Waals surface area (Å²) >= 11 is 7.00. The molecule has 0 aromatic heterocycles. The average Bonchev–Trinajstić information content (AvgIpc) is 1.22. The minimum absolute atomic E-state index is 0. The molecule has 0 fully saturated rings. The van der Waals surface area contributed by atoms with E-state index in [1.54, 1.807) is 0 Å². The van der Waals surface area contributed by atoms with E-state index in [0.29, 0.717) is 0 Å². The van der Waals surface area contributed by atoms with Gasteiger partial charge in [0.05, 0.1) is 0 Å². The van der Waals surface area contributed by atoms with E-state index < -0.39 is 0 Å². The van der Waals surface area contributed by atoms with Crippen LogP contribution >= 0.6 is 42.1 Å². The third-order valence-electron chi connectivity index (χ3n) is 15.4. The molecule has 0 heterocycles. The van der Waals surface area contributed by atoms with Crippen LogP contribution in [0.4, 0.5) is 0 Å². The molecule has 0 bridgehead atoms. The molecule has 0 saturated carbocycles. The van der Waals surface area contributed by atoms with Crippen molar-refractivity contribution in [2.75, 3.05) is 0 Å². The number of benzene rings is 11. The van der Waals surface area contributed by atoms with Gasteiger partial charge in [0.1, 0.15) is 0 Å². The molecule has 0 amide bonds. The molecule has 0 aliphatic carbocycles. The molecule has 0 atom stereocenters. The van der Waals surface area contributed by atoms with E-state index in [-0.39, 0.29) is 77.5 Å². The Morgan fingerprint density at radius 3 is 0.681 bits per heavy atom. The van der Waals surface area contributed by atoms with Crippen LogP contribution in [0.1, 0.15) is 112 Å². The fourth-order valence-electron chi connectivity index (χ4n) is 9.03. The van der Waals surface area contributed by atoms with Crippen molar-refractivity contribution in [2.24, 2.45) is 0 Å². The predicted molar refractivity (Wildman–Crippen MR) is 399 cm³/mol. The Morgan fingerprint density at radius 1 is 0.308 bits per heavy atom. The van der Waals surface area contributed by atoms with Crippen molar-refractivity contribution >= 4 is 60.3 Å². The summed E-state index contributed by atoms with van der Waals surface area (Å²) in [6.45, 7) is 24.0. The molecule has 0 N–H and O–H groups in total. The Labute approximate surface area is 626 Å². The largest absolute Gasteiger partial charge is 0.184 e. The van der Waals surface area contributed by atoms with Gasteiger partial charge in [0.2, 0.25) is 0 Å². The van der Waals surface area contributed by atoms with Crippen molar-refractivity contribution in [3.8, 4) is 0 Å². The second kappa shape index (κ2) is 48.4. The van der Waals surface area contributed by atoms with E-state index in [4.69, 9.17) is 0 Å². The van der Waals surface area contributed by atoms with E-state index in [9.17, 15) is 0 Å². The monoisotopic (exact) mass is 1790 g/mol. The van der Waals surface area contributed by atoms with Crippen molar-refractivity contribution in [1.82, 2.24) is 0 Å². The summed E-state index contributed by atoms with van der Waals surface area (Å²) < 4.78 is 1.29. The number of halogens is 2. The van der Waals surface area contributed by atoms with Gasteiger partial charge in [-0.2, -0.15) is 107 Å². The third kappa shape index (κ3) is 31.4. The molecule has 0 nitrogen and oxygen atoms in total. The first-order valence-corrected chi connectivity index (χ1v) is 35.4. The van der Waals surface area contributed by atoms with Crippen molar-refractivity contribution < 1.29 is 76.9 Å². The van der Waals surface area contributed by atoms with Crippen molar-refractivity contribution in [1.29, 1.82) is 0 Å². The molecule has 6 heteroatoms. The van der Waals surface area contributed by atoms with Crippen molar-refractivity contribution in [3.63, 3.8) is 0 Å². The van der Waals surface area contributed by atoms with E-state index in [0.717, 1.165) is 0 Å². The first-order chi connectivity index (χ1) is 42.6. The van der Waals surface area contributed by atoms with Crippen LogP contribution < -0.4 is 0 Å². The average molecular weight is 1790 g/mol. The molecular formula is C85H87I2Pd4-3.